The Labute approximate surface area is 192 Å². The number of anilines is 1. The third kappa shape index (κ3) is 4.55. The zero-order valence-electron chi connectivity index (χ0n) is 18.5. The van der Waals surface area contributed by atoms with Crippen LogP contribution in [0.3, 0.4) is 0 Å². The number of para-hydroxylation sites is 2. The van der Waals surface area contributed by atoms with E-state index in [-0.39, 0.29) is 12.5 Å². The van der Waals surface area contributed by atoms with Crippen LogP contribution in [0, 0.1) is 0 Å². The maximum atomic E-state index is 12.9. The monoisotopic (exact) mass is 446 g/mol. The highest BCUT2D eigenvalue weighted by Gasteiger charge is 2.32. The van der Waals surface area contributed by atoms with Crippen LogP contribution in [0.5, 0.6) is 17.2 Å². The molecular formula is C25H26N4O4. The van der Waals surface area contributed by atoms with Gasteiger partial charge in [-0.15, -0.1) is 10.2 Å². The Hall–Kier alpha value is -3.81. The second kappa shape index (κ2) is 9.36. The number of rotatable bonds is 5. The Morgan fingerprint density at radius 1 is 0.970 bits per heavy atom. The van der Waals surface area contributed by atoms with Crippen molar-refractivity contribution in [2.24, 2.45) is 0 Å². The first-order valence-electron chi connectivity index (χ1n) is 11.2. The number of fused-ring (bicyclic) bond motifs is 1. The number of amides is 1. The smallest absolute Gasteiger partial charge is 0.267 e. The van der Waals surface area contributed by atoms with E-state index >= 15 is 0 Å². The summed E-state index contributed by atoms with van der Waals surface area (Å²) in [6.07, 6.45) is -0.611. The number of nitrogens with zero attached hydrogens (tertiary/aromatic N) is 4. The molecule has 170 valence electrons. The van der Waals surface area contributed by atoms with Gasteiger partial charge in [0.05, 0.1) is 12.3 Å². The number of benzene rings is 2. The van der Waals surface area contributed by atoms with Crippen LogP contribution in [0.15, 0.2) is 60.7 Å². The molecule has 0 spiro atoms. The number of hydrogen-bond acceptors (Lipinski definition) is 7. The minimum absolute atomic E-state index is 0.0407. The molecule has 0 aliphatic carbocycles. The van der Waals surface area contributed by atoms with Crippen molar-refractivity contribution in [3.8, 4) is 28.5 Å². The van der Waals surface area contributed by atoms with Gasteiger partial charge < -0.3 is 24.0 Å². The molecule has 3 aromatic rings. The van der Waals surface area contributed by atoms with E-state index in [1.54, 1.807) is 0 Å². The molecule has 0 N–H and O–H groups in total. The van der Waals surface area contributed by atoms with E-state index in [0.717, 1.165) is 22.8 Å². The summed E-state index contributed by atoms with van der Waals surface area (Å²) in [4.78, 5) is 16.9. The molecule has 5 rings (SSSR count). The predicted octanol–water partition coefficient (Wildman–Crippen LogP) is 3.03. The minimum atomic E-state index is -0.611. The molecule has 1 fully saturated rings. The molecule has 1 amide bonds. The maximum absolute atomic E-state index is 12.9. The van der Waals surface area contributed by atoms with Crippen LogP contribution >= 0.6 is 0 Å². The van der Waals surface area contributed by atoms with Gasteiger partial charge in [0.15, 0.2) is 17.3 Å². The standard InChI is InChI=1S/C25H26N4O4/c1-2-31-19-9-7-18(8-10-19)20-11-12-24(27-26-20)28-13-15-29(16-14-28)25(30)23-17-32-21-5-3-4-6-22(21)33-23/h3-12,23H,2,13-17H2,1H3. The maximum Gasteiger partial charge on any atom is 0.267 e. The van der Waals surface area contributed by atoms with Gasteiger partial charge in [-0.3, -0.25) is 4.79 Å². The quantitative estimate of drug-likeness (QED) is 0.596. The first kappa shape index (κ1) is 21.1. The lowest BCUT2D eigenvalue weighted by atomic mass is 10.1. The Bertz CT molecular complexity index is 1100. The third-order valence-corrected chi connectivity index (χ3v) is 5.81. The van der Waals surface area contributed by atoms with Crippen LogP contribution in [-0.2, 0) is 4.79 Å². The average molecular weight is 447 g/mol. The number of ether oxygens (including phenoxy) is 3. The zero-order valence-corrected chi connectivity index (χ0v) is 18.5. The SMILES string of the molecule is CCOc1ccc(-c2ccc(N3CCN(C(=O)C4COc5ccccc5O4)CC3)nn2)cc1. The number of aromatic nitrogens is 2. The van der Waals surface area contributed by atoms with Crippen molar-refractivity contribution in [3.05, 3.63) is 60.7 Å². The fraction of sp³-hybridized carbons (Fsp3) is 0.320. The topological polar surface area (TPSA) is 77.0 Å². The largest absolute Gasteiger partial charge is 0.494 e. The van der Waals surface area contributed by atoms with Gasteiger partial charge in [-0.1, -0.05) is 12.1 Å². The summed E-state index contributed by atoms with van der Waals surface area (Å²) in [6, 6.07) is 19.2. The molecule has 0 bridgehead atoms. The van der Waals surface area contributed by atoms with Gasteiger partial charge in [0.2, 0.25) is 6.10 Å². The number of piperazine rings is 1. The van der Waals surface area contributed by atoms with E-state index in [1.165, 1.54) is 0 Å². The van der Waals surface area contributed by atoms with E-state index in [1.807, 2.05) is 72.5 Å². The highest BCUT2D eigenvalue weighted by molar-refractivity contribution is 5.82. The highest BCUT2D eigenvalue weighted by atomic mass is 16.6. The van der Waals surface area contributed by atoms with Gasteiger partial charge in [0.1, 0.15) is 12.4 Å². The molecule has 1 saturated heterocycles. The molecule has 0 saturated carbocycles. The Morgan fingerprint density at radius 2 is 1.73 bits per heavy atom. The first-order valence-corrected chi connectivity index (χ1v) is 11.2. The Balaban J connectivity index is 1.17. The summed E-state index contributed by atoms with van der Waals surface area (Å²) in [5.41, 5.74) is 1.80. The number of hydrogen-bond donors (Lipinski definition) is 0. The van der Waals surface area contributed by atoms with Crippen molar-refractivity contribution in [2.45, 2.75) is 13.0 Å². The molecule has 1 unspecified atom stereocenters. The molecule has 8 heteroatoms. The number of carbonyl (C=O) groups excluding carboxylic acids is 1. The normalized spacial score (nSPS) is 17.5. The van der Waals surface area contributed by atoms with Gasteiger partial charge >= 0.3 is 0 Å². The van der Waals surface area contributed by atoms with E-state index in [0.29, 0.717) is 44.3 Å². The van der Waals surface area contributed by atoms with Crippen LogP contribution in [0.1, 0.15) is 6.92 Å². The molecule has 2 aliphatic heterocycles. The van der Waals surface area contributed by atoms with Gasteiger partial charge in [0.25, 0.3) is 5.91 Å². The molecule has 2 aromatic carbocycles. The van der Waals surface area contributed by atoms with Crippen molar-refractivity contribution in [1.29, 1.82) is 0 Å². The predicted molar refractivity (Wildman–Crippen MR) is 124 cm³/mol. The molecule has 3 heterocycles. The van der Waals surface area contributed by atoms with Gasteiger partial charge in [-0.25, -0.2) is 0 Å². The number of carbonyl (C=O) groups is 1. The van der Waals surface area contributed by atoms with Crippen LogP contribution in [-0.4, -0.2) is 66.5 Å². The fourth-order valence-corrected chi connectivity index (χ4v) is 4.04. The van der Waals surface area contributed by atoms with Crippen molar-refractivity contribution in [1.82, 2.24) is 15.1 Å². The van der Waals surface area contributed by atoms with Crippen molar-refractivity contribution in [2.75, 3.05) is 44.3 Å². The summed E-state index contributed by atoms with van der Waals surface area (Å²) in [5, 5.41) is 8.82. The lowest BCUT2D eigenvalue weighted by Crippen LogP contribution is -2.54. The summed E-state index contributed by atoms with van der Waals surface area (Å²) in [6.45, 7) is 5.41. The molecule has 8 nitrogen and oxygen atoms in total. The van der Waals surface area contributed by atoms with Crippen LogP contribution < -0.4 is 19.1 Å². The van der Waals surface area contributed by atoms with E-state index < -0.39 is 6.10 Å². The zero-order chi connectivity index (χ0) is 22.6. The first-order chi connectivity index (χ1) is 16.2. The summed E-state index contributed by atoms with van der Waals surface area (Å²) >= 11 is 0. The molecular weight excluding hydrogens is 420 g/mol. The summed E-state index contributed by atoms with van der Waals surface area (Å²) in [7, 11) is 0. The van der Waals surface area contributed by atoms with Crippen molar-refractivity contribution < 1.29 is 19.0 Å². The van der Waals surface area contributed by atoms with E-state index in [4.69, 9.17) is 14.2 Å². The molecule has 1 aromatic heterocycles. The van der Waals surface area contributed by atoms with Crippen LogP contribution in [0.2, 0.25) is 0 Å². The van der Waals surface area contributed by atoms with Crippen molar-refractivity contribution in [3.63, 3.8) is 0 Å². The van der Waals surface area contributed by atoms with Gasteiger partial charge in [-0.05, 0) is 55.5 Å². The summed E-state index contributed by atoms with van der Waals surface area (Å²) < 4.78 is 17.1. The Morgan fingerprint density at radius 3 is 2.42 bits per heavy atom. The van der Waals surface area contributed by atoms with Gasteiger partial charge in [0, 0.05) is 31.7 Å². The molecule has 2 aliphatic rings. The fourth-order valence-electron chi connectivity index (χ4n) is 4.04. The second-order valence-corrected chi connectivity index (χ2v) is 7.91. The molecule has 1 atom stereocenters. The highest BCUT2D eigenvalue weighted by Crippen LogP contribution is 2.31. The second-order valence-electron chi connectivity index (χ2n) is 7.91. The van der Waals surface area contributed by atoms with Gasteiger partial charge in [-0.2, -0.15) is 0 Å². The minimum Gasteiger partial charge on any atom is -0.494 e. The van der Waals surface area contributed by atoms with E-state index in [2.05, 4.69) is 15.1 Å². The summed E-state index contributed by atoms with van der Waals surface area (Å²) in [5.74, 6) is 2.90. The average Bonchev–Trinajstić information content (AvgIpc) is 2.89. The Kier molecular flexibility index (Phi) is 5.97. The molecule has 0 radical (unpaired) electrons. The van der Waals surface area contributed by atoms with Crippen LogP contribution in [0.4, 0.5) is 5.82 Å². The van der Waals surface area contributed by atoms with Crippen molar-refractivity contribution >= 4 is 11.7 Å². The molecule has 33 heavy (non-hydrogen) atoms. The van der Waals surface area contributed by atoms with E-state index in [9.17, 15) is 4.79 Å². The van der Waals surface area contributed by atoms with Crippen LogP contribution in [0.25, 0.3) is 11.3 Å². The lowest BCUT2D eigenvalue weighted by Gasteiger charge is -2.37. The lowest BCUT2D eigenvalue weighted by molar-refractivity contribution is -0.141. The third-order valence-electron chi connectivity index (χ3n) is 5.81.